The Morgan fingerprint density at radius 3 is 2.48 bits per heavy atom. The van der Waals surface area contributed by atoms with Crippen molar-refractivity contribution in [2.45, 2.75) is 31.4 Å². The van der Waals surface area contributed by atoms with E-state index in [1.165, 1.54) is 4.90 Å². The van der Waals surface area contributed by atoms with E-state index in [2.05, 4.69) is 15.6 Å². The molecule has 3 atom stereocenters. The zero-order valence-corrected chi connectivity index (χ0v) is 22.1. The average Bonchev–Trinajstić information content (AvgIpc) is 3.55. The molecule has 40 heavy (non-hydrogen) atoms. The third-order valence-electron chi connectivity index (χ3n) is 7.33. The van der Waals surface area contributed by atoms with E-state index in [-0.39, 0.29) is 12.5 Å². The fourth-order valence-electron chi connectivity index (χ4n) is 5.04. The van der Waals surface area contributed by atoms with Gasteiger partial charge in [-0.1, -0.05) is 72.8 Å². The lowest BCUT2D eigenvalue weighted by molar-refractivity contribution is -0.137. The van der Waals surface area contributed by atoms with E-state index < -0.39 is 17.4 Å². The summed E-state index contributed by atoms with van der Waals surface area (Å²) in [4.78, 5) is 26.4. The summed E-state index contributed by atoms with van der Waals surface area (Å²) in [5.41, 5.74) is 2.03. The lowest BCUT2D eigenvalue weighted by Gasteiger charge is -2.27. The van der Waals surface area contributed by atoms with Crippen molar-refractivity contribution >= 4 is 29.4 Å². The molecule has 1 unspecified atom stereocenters. The molecule has 3 N–H and O–H groups in total. The van der Waals surface area contributed by atoms with Crippen molar-refractivity contribution in [3.63, 3.8) is 0 Å². The van der Waals surface area contributed by atoms with E-state index in [0.717, 1.165) is 5.56 Å². The molecule has 0 saturated carbocycles. The van der Waals surface area contributed by atoms with Crippen LogP contribution >= 0.6 is 0 Å². The first-order valence-corrected chi connectivity index (χ1v) is 13.2. The first-order chi connectivity index (χ1) is 19.5. The average molecular weight is 538 g/mol. The number of rotatable bonds is 11. The smallest absolute Gasteiger partial charge is 0.261 e. The molecule has 4 aromatic rings. The van der Waals surface area contributed by atoms with Crippen LogP contribution in [0, 0.1) is 5.92 Å². The summed E-state index contributed by atoms with van der Waals surface area (Å²) in [5.74, 6) is -1.30. The molecule has 2 heterocycles. The van der Waals surface area contributed by atoms with Crippen molar-refractivity contribution < 1.29 is 19.8 Å². The molecule has 204 valence electrons. The number of amides is 2. The number of carbonyl (C=O) groups is 2. The summed E-state index contributed by atoms with van der Waals surface area (Å²) in [7, 11) is 0. The molecule has 9 nitrogen and oxygen atoms in total. The van der Waals surface area contributed by atoms with Gasteiger partial charge in [-0.2, -0.15) is 0 Å². The van der Waals surface area contributed by atoms with Crippen molar-refractivity contribution in [2.24, 2.45) is 5.92 Å². The van der Waals surface area contributed by atoms with Gasteiger partial charge in [0.25, 0.3) is 5.91 Å². The molecule has 0 saturated heterocycles. The van der Waals surface area contributed by atoms with Crippen molar-refractivity contribution in [3.05, 3.63) is 114 Å². The van der Waals surface area contributed by atoms with Gasteiger partial charge in [-0.3, -0.25) is 19.2 Å². The standard InChI is InChI=1S/C31H31N5O4/c1-22(10-8-9-17-35-19-29(33-34-35)26(20-37)23-11-4-2-5-12-23)31(40)27-18-25(15-16-28(27)32-30(31)39)36(21-38)24-13-6-3-7-14-24/h2-8,10-16,18-19,21-22,26,37,40H,9,17,20H2,1H3,(H,32,39)/b10-8+/t22-,26?,31+/m0/s1. The van der Waals surface area contributed by atoms with Crippen LogP contribution in [0.15, 0.2) is 97.2 Å². The summed E-state index contributed by atoms with van der Waals surface area (Å²) < 4.78 is 1.71. The third kappa shape index (κ3) is 5.16. The number of aliphatic hydroxyl groups excluding tert-OH is 1. The van der Waals surface area contributed by atoms with E-state index in [4.69, 9.17) is 0 Å². The number of allylic oxidation sites excluding steroid dienone is 1. The highest BCUT2D eigenvalue weighted by molar-refractivity contribution is 6.06. The van der Waals surface area contributed by atoms with Crippen LogP contribution in [0.25, 0.3) is 0 Å². The third-order valence-corrected chi connectivity index (χ3v) is 7.33. The molecule has 0 aliphatic carbocycles. The number of aliphatic hydroxyl groups is 2. The van der Waals surface area contributed by atoms with Gasteiger partial charge >= 0.3 is 0 Å². The number of benzene rings is 3. The SMILES string of the molecule is C[C@@H](/C=C/CCn1cc(C(CO)c2ccccc2)nn1)[C@]1(O)C(=O)Nc2ccc(N(C=O)c3ccccc3)cc21. The van der Waals surface area contributed by atoms with E-state index in [9.17, 15) is 19.8 Å². The number of fused-ring (bicyclic) bond motifs is 1. The summed E-state index contributed by atoms with van der Waals surface area (Å²) in [5, 5.41) is 32.7. The highest BCUT2D eigenvalue weighted by atomic mass is 16.3. The number of carbonyl (C=O) groups excluding carboxylic acids is 2. The fourth-order valence-corrected chi connectivity index (χ4v) is 5.04. The minimum absolute atomic E-state index is 0.0695. The molecular weight excluding hydrogens is 506 g/mol. The summed E-state index contributed by atoms with van der Waals surface area (Å²) in [6.45, 7) is 2.26. The fraction of sp³-hybridized carbons (Fsp3) is 0.226. The van der Waals surface area contributed by atoms with Crippen LogP contribution < -0.4 is 10.2 Å². The topological polar surface area (TPSA) is 121 Å². The second-order valence-electron chi connectivity index (χ2n) is 9.82. The van der Waals surface area contributed by atoms with Crippen molar-refractivity contribution in [2.75, 3.05) is 16.8 Å². The van der Waals surface area contributed by atoms with Crippen molar-refractivity contribution in [3.8, 4) is 0 Å². The first kappa shape index (κ1) is 27.0. The first-order valence-electron chi connectivity index (χ1n) is 13.2. The molecule has 0 spiro atoms. The Labute approximate surface area is 232 Å². The zero-order chi connectivity index (χ0) is 28.1. The van der Waals surface area contributed by atoms with E-state index in [1.807, 2.05) is 79.0 Å². The van der Waals surface area contributed by atoms with E-state index in [0.29, 0.717) is 47.7 Å². The van der Waals surface area contributed by atoms with Gasteiger partial charge in [0.05, 0.1) is 18.2 Å². The van der Waals surface area contributed by atoms with Crippen LogP contribution in [-0.2, 0) is 21.7 Å². The van der Waals surface area contributed by atoms with Gasteiger partial charge in [0.2, 0.25) is 6.41 Å². The Morgan fingerprint density at radius 2 is 1.77 bits per heavy atom. The highest BCUT2D eigenvalue weighted by Crippen LogP contribution is 2.44. The maximum absolute atomic E-state index is 13.0. The van der Waals surface area contributed by atoms with Gasteiger partial charge in [-0.15, -0.1) is 5.10 Å². The van der Waals surface area contributed by atoms with Crippen molar-refractivity contribution in [1.82, 2.24) is 15.0 Å². The molecular formula is C31H31N5O4. The summed E-state index contributed by atoms with van der Waals surface area (Å²) in [6, 6.07) is 24.0. The molecule has 1 aromatic heterocycles. The largest absolute Gasteiger partial charge is 0.395 e. The van der Waals surface area contributed by atoms with Gasteiger partial charge < -0.3 is 15.5 Å². The lowest BCUT2D eigenvalue weighted by Crippen LogP contribution is -2.39. The second kappa shape index (κ2) is 11.6. The highest BCUT2D eigenvalue weighted by Gasteiger charge is 2.48. The molecule has 0 radical (unpaired) electrons. The van der Waals surface area contributed by atoms with Gasteiger partial charge in [-0.05, 0) is 42.3 Å². The van der Waals surface area contributed by atoms with Crippen LogP contribution in [0.1, 0.15) is 36.1 Å². The van der Waals surface area contributed by atoms with Crippen LogP contribution in [0.4, 0.5) is 17.1 Å². The molecule has 0 fully saturated rings. The van der Waals surface area contributed by atoms with Gasteiger partial charge in [0, 0.05) is 41.3 Å². The maximum Gasteiger partial charge on any atom is 0.261 e. The second-order valence-corrected chi connectivity index (χ2v) is 9.82. The monoisotopic (exact) mass is 537 g/mol. The number of aryl methyl sites for hydroxylation is 1. The summed E-state index contributed by atoms with van der Waals surface area (Å²) in [6.07, 6.45) is 6.85. The number of nitrogens with one attached hydrogen (secondary N) is 1. The molecule has 5 rings (SSSR count). The number of anilines is 3. The van der Waals surface area contributed by atoms with E-state index in [1.54, 1.807) is 29.8 Å². The maximum atomic E-state index is 13.0. The number of para-hydroxylation sites is 1. The van der Waals surface area contributed by atoms with Gasteiger partial charge in [0.15, 0.2) is 5.60 Å². The zero-order valence-electron chi connectivity index (χ0n) is 22.1. The minimum atomic E-state index is -1.79. The van der Waals surface area contributed by atoms with Crippen LogP contribution in [0.5, 0.6) is 0 Å². The molecule has 2 amide bonds. The van der Waals surface area contributed by atoms with Gasteiger partial charge in [0.1, 0.15) is 0 Å². The molecule has 9 heteroatoms. The predicted octanol–water partition coefficient (Wildman–Crippen LogP) is 4.12. The molecule has 0 bridgehead atoms. The Balaban J connectivity index is 1.28. The Morgan fingerprint density at radius 1 is 1.05 bits per heavy atom. The molecule has 3 aromatic carbocycles. The lowest BCUT2D eigenvalue weighted by atomic mass is 9.82. The number of hydrogen-bond acceptors (Lipinski definition) is 6. The summed E-state index contributed by atoms with van der Waals surface area (Å²) >= 11 is 0. The normalized spacial score (nSPS) is 17.8. The Bertz CT molecular complexity index is 1500. The molecule has 1 aliphatic rings. The Kier molecular flexibility index (Phi) is 7.86. The van der Waals surface area contributed by atoms with Crippen LogP contribution in [-0.4, -0.2) is 44.1 Å². The quantitative estimate of drug-likeness (QED) is 0.196. The van der Waals surface area contributed by atoms with Crippen LogP contribution in [0.2, 0.25) is 0 Å². The van der Waals surface area contributed by atoms with E-state index >= 15 is 0 Å². The number of aromatic nitrogens is 3. The van der Waals surface area contributed by atoms with Crippen molar-refractivity contribution in [1.29, 1.82) is 0 Å². The number of nitrogens with zero attached hydrogens (tertiary/aromatic N) is 4. The Hall–Kier alpha value is -4.60. The predicted molar refractivity (Wildman–Crippen MR) is 152 cm³/mol. The number of hydrogen-bond donors (Lipinski definition) is 3. The van der Waals surface area contributed by atoms with Crippen LogP contribution in [0.3, 0.4) is 0 Å². The van der Waals surface area contributed by atoms with Gasteiger partial charge in [-0.25, -0.2) is 0 Å². The minimum Gasteiger partial charge on any atom is -0.395 e. The molecule has 1 aliphatic heterocycles.